The molecule has 1 aliphatic rings. The van der Waals surface area contributed by atoms with Crippen LogP contribution in [0.25, 0.3) is 10.1 Å². The summed E-state index contributed by atoms with van der Waals surface area (Å²) in [5, 5.41) is 10.2. The van der Waals surface area contributed by atoms with Crippen LogP contribution in [0.3, 0.4) is 0 Å². The molecule has 0 aliphatic heterocycles. The van der Waals surface area contributed by atoms with Crippen LogP contribution < -0.4 is 10.2 Å². The number of fused-ring (bicyclic) bond motifs is 3. The Hall–Kier alpha value is -2.26. The van der Waals surface area contributed by atoms with E-state index in [0.29, 0.717) is 6.42 Å². The number of carbonyl (C=O) groups excluding carboxylic acids is 1. The second kappa shape index (κ2) is 8.85. The molecule has 1 atom stereocenters. The number of benzene rings is 2. The van der Waals surface area contributed by atoms with E-state index in [4.69, 9.17) is 5.21 Å². The summed E-state index contributed by atoms with van der Waals surface area (Å²) in [6, 6.07) is 13.6. The van der Waals surface area contributed by atoms with E-state index in [1.807, 2.05) is 36.4 Å². The summed E-state index contributed by atoms with van der Waals surface area (Å²) in [5.74, 6) is -0.776. The van der Waals surface area contributed by atoms with Gasteiger partial charge in [-0.1, -0.05) is 36.4 Å². The molecule has 0 radical (unpaired) electrons. The molecule has 6 nitrogen and oxygen atoms in total. The smallest absolute Gasteiger partial charge is 0.261 e. The third-order valence-corrected chi connectivity index (χ3v) is 8.25. The number of hydrogen-bond donors (Lipinski definition) is 3. The molecule has 1 amide bonds. The van der Waals surface area contributed by atoms with Crippen LogP contribution in [0.1, 0.15) is 35.3 Å². The number of nitrogens with one attached hydrogen (secondary N) is 2. The lowest BCUT2D eigenvalue weighted by Gasteiger charge is -2.17. The molecule has 3 N–H and O–H groups in total. The fourth-order valence-electron chi connectivity index (χ4n) is 3.94. The normalized spacial score (nSPS) is 15.0. The first-order chi connectivity index (χ1) is 14.5. The lowest BCUT2D eigenvalue weighted by Crippen LogP contribution is -2.46. The number of hydrogen-bond acceptors (Lipinski definition) is 5. The zero-order chi connectivity index (χ0) is 21.1. The van der Waals surface area contributed by atoms with Crippen molar-refractivity contribution in [1.82, 2.24) is 10.2 Å². The minimum atomic E-state index is -3.93. The van der Waals surface area contributed by atoms with Gasteiger partial charge in [0.05, 0.1) is 4.90 Å². The summed E-state index contributed by atoms with van der Waals surface area (Å²) in [4.78, 5) is 13.6. The van der Waals surface area contributed by atoms with Crippen LogP contribution in [0.5, 0.6) is 0 Å². The Labute approximate surface area is 179 Å². The fraction of sp³-hybridized carbons (Fsp3) is 0.318. The highest BCUT2D eigenvalue weighted by atomic mass is 32.2. The van der Waals surface area contributed by atoms with Gasteiger partial charge in [0.2, 0.25) is 10.0 Å². The maximum Gasteiger partial charge on any atom is 0.261 e. The summed E-state index contributed by atoms with van der Waals surface area (Å²) < 4.78 is 29.4. The fourth-order valence-corrected chi connectivity index (χ4v) is 6.61. The van der Waals surface area contributed by atoms with Gasteiger partial charge < -0.3 is 0 Å². The van der Waals surface area contributed by atoms with Gasteiger partial charge >= 0.3 is 0 Å². The topological polar surface area (TPSA) is 95.5 Å². The molecule has 1 unspecified atom stereocenters. The molecule has 3 aromatic rings. The molecular weight excluding hydrogens is 420 g/mol. The molecule has 1 aromatic heterocycles. The van der Waals surface area contributed by atoms with E-state index in [-0.39, 0.29) is 11.3 Å². The van der Waals surface area contributed by atoms with E-state index >= 15 is 0 Å². The highest BCUT2D eigenvalue weighted by Crippen LogP contribution is 2.37. The molecule has 2 aromatic carbocycles. The van der Waals surface area contributed by atoms with Gasteiger partial charge in [-0.25, -0.2) is 13.9 Å². The maximum absolute atomic E-state index is 13.0. The van der Waals surface area contributed by atoms with E-state index < -0.39 is 22.0 Å². The van der Waals surface area contributed by atoms with Gasteiger partial charge in [-0.05, 0) is 67.2 Å². The van der Waals surface area contributed by atoms with Crippen molar-refractivity contribution in [3.05, 3.63) is 64.5 Å². The average Bonchev–Trinajstić information content (AvgIpc) is 3.14. The lowest BCUT2D eigenvalue weighted by atomic mass is 9.96. The molecule has 0 fully saturated rings. The molecule has 1 aliphatic carbocycles. The number of hydroxylamine groups is 1. The van der Waals surface area contributed by atoms with Gasteiger partial charge in [0.1, 0.15) is 6.04 Å². The zero-order valence-electron chi connectivity index (χ0n) is 16.4. The number of thiophene rings is 1. The van der Waals surface area contributed by atoms with E-state index in [9.17, 15) is 13.2 Å². The Morgan fingerprint density at radius 1 is 1.10 bits per heavy atom. The van der Waals surface area contributed by atoms with E-state index in [2.05, 4.69) is 4.72 Å². The van der Waals surface area contributed by atoms with E-state index in [1.165, 1.54) is 23.3 Å². The molecule has 8 heteroatoms. The number of carbonyl (C=O) groups is 1. The predicted molar refractivity (Wildman–Crippen MR) is 117 cm³/mol. The minimum absolute atomic E-state index is 0.129. The Bertz CT molecular complexity index is 1160. The molecule has 1 heterocycles. The first kappa shape index (κ1) is 21.0. The standard InChI is InChI=1S/C22H24N2O4S2/c25-22(23-26)19(13-10-15-6-2-1-3-7-15)24-30(27,28)16-11-12-18-17-8-4-5-9-20(17)29-21(18)14-16/h1-3,6-7,11-12,14,19,24,26H,4-5,8-10,13H2,(H,23,25). The predicted octanol–water partition coefficient (Wildman–Crippen LogP) is 3.57. The van der Waals surface area contributed by atoms with Crippen molar-refractivity contribution >= 4 is 37.4 Å². The summed E-state index contributed by atoms with van der Waals surface area (Å²) in [5.41, 5.74) is 3.90. The molecule has 158 valence electrons. The lowest BCUT2D eigenvalue weighted by molar-refractivity contribution is -0.131. The van der Waals surface area contributed by atoms with Crippen molar-refractivity contribution in [3.8, 4) is 0 Å². The van der Waals surface area contributed by atoms with Crippen molar-refractivity contribution in [2.24, 2.45) is 0 Å². The van der Waals surface area contributed by atoms with Gasteiger partial charge in [0.25, 0.3) is 5.91 Å². The van der Waals surface area contributed by atoms with Crippen LogP contribution in [0.4, 0.5) is 0 Å². The van der Waals surface area contributed by atoms with Crippen molar-refractivity contribution in [2.75, 3.05) is 0 Å². The van der Waals surface area contributed by atoms with Crippen LogP contribution in [-0.2, 0) is 34.1 Å². The molecule has 0 bridgehead atoms. The van der Waals surface area contributed by atoms with E-state index in [0.717, 1.165) is 28.5 Å². The van der Waals surface area contributed by atoms with Crippen LogP contribution in [0.15, 0.2) is 53.4 Å². The Kier molecular flexibility index (Phi) is 6.19. The molecule has 0 saturated heterocycles. The van der Waals surface area contributed by atoms with Crippen molar-refractivity contribution < 1.29 is 18.4 Å². The van der Waals surface area contributed by atoms with Crippen molar-refractivity contribution in [1.29, 1.82) is 0 Å². The first-order valence-electron chi connectivity index (χ1n) is 10.0. The quantitative estimate of drug-likeness (QED) is 0.384. The Morgan fingerprint density at radius 2 is 1.87 bits per heavy atom. The molecular formula is C22H24N2O4S2. The molecule has 0 spiro atoms. The van der Waals surface area contributed by atoms with Gasteiger partial charge in [-0.3, -0.25) is 10.0 Å². The van der Waals surface area contributed by atoms with Crippen LogP contribution in [0.2, 0.25) is 0 Å². The molecule has 4 rings (SSSR count). The van der Waals surface area contributed by atoms with E-state index in [1.54, 1.807) is 28.9 Å². The highest BCUT2D eigenvalue weighted by Gasteiger charge is 2.26. The Morgan fingerprint density at radius 3 is 2.63 bits per heavy atom. The summed E-state index contributed by atoms with van der Waals surface area (Å²) in [7, 11) is -3.93. The van der Waals surface area contributed by atoms with Gasteiger partial charge in [0.15, 0.2) is 0 Å². The van der Waals surface area contributed by atoms with Crippen LogP contribution in [0, 0.1) is 0 Å². The number of amides is 1. The third kappa shape index (κ3) is 4.41. The SMILES string of the molecule is O=C(NO)C(CCc1ccccc1)NS(=O)(=O)c1ccc2c3c(sc2c1)CCCC3. The minimum Gasteiger partial charge on any atom is -0.289 e. The Balaban J connectivity index is 1.56. The van der Waals surface area contributed by atoms with Gasteiger partial charge in [-0.15, -0.1) is 11.3 Å². The summed E-state index contributed by atoms with van der Waals surface area (Å²) >= 11 is 1.66. The van der Waals surface area contributed by atoms with Crippen LogP contribution in [-0.4, -0.2) is 25.6 Å². The summed E-state index contributed by atoms with van der Waals surface area (Å²) in [6.07, 6.45) is 5.15. The third-order valence-electron chi connectivity index (χ3n) is 5.53. The highest BCUT2D eigenvalue weighted by molar-refractivity contribution is 7.89. The number of rotatable bonds is 7. The second-order valence-electron chi connectivity index (χ2n) is 7.54. The second-order valence-corrected chi connectivity index (χ2v) is 10.4. The maximum atomic E-state index is 13.0. The first-order valence-corrected chi connectivity index (χ1v) is 12.3. The number of aryl methyl sites for hydroxylation is 3. The van der Waals surface area contributed by atoms with Gasteiger partial charge in [-0.2, -0.15) is 4.72 Å². The number of sulfonamides is 1. The average molecular weight is 445 g/mol. The van der Waals surface area contributed by atoms with Gasteiger partial charge in [0, 0.05) is 9.58 Å². The summed E-state index contributed by atoms with van der Waals surface area (Å²) in [6.45, 7) is 0. The molecule has 30 heavy (non-hydrogen) atoms. The van der Waals surface area contributed by atoms with Crippen molar-refractivity contribution in [3.63, 3.8) is 0 Å². The largest absolute Gasteiger partial charge is 0.289 e. The van der Waals surface area contributed by atoms with Crippen molar-refractivity contribution in [2.45, 2.75) is 49.5 Å². The zero-order valence-corrected chi connectivity index (χ0v) is 18.1. The molecule has 0 saturated carbocycles. The van der Waals surface area contributed by atoms with Crippen LogP contribution >= 0.6 is 11.3 Å². The monoisotopic (exact) mass is 444 g/mol.